The number of benzene rings is 3. The molecule has 4 rings (SSSR count). The Hall–Kier alpha value is -2.65. The minimum absolute atomic E-state index is 0.0694. The highest BCUT2D eigenvalue weighted by Gasteiger charge is 2.26. The normalized spacial score (nSPS) is 15.0. The molecule has 2 N–H and O–H groups in total. The lowest BCUT2D eigenvalue weighted by atomic mass is 9.95. The van der Waals surface area contributed by atoms with Gasteiger partial charge in [0, 0.05) is 33.8 Å². The number of carbonyl (C=O) groups is 1. The highest BCUT2D eigenvalue weighted by molar-refractivity contribution is 7.92. The molecule has 1 fully saturated rings. The number of halogens is 3. The number of carbonyl (C=O) groups excluding carboxylic acids is 1. The number of sulfonamides is 1. The van der Waals surface area contributed by atoms with Gasteiger partial charge >= 0.3 is 0 Å². The molecule has 0 aliphatic carbocycles. The van der Waals surface area contributed by atoms with Gasteiger partial charge in [0.05, 0.1) is 10.6 Å². The fourth-order valence-corrected chi connectivity index (χ4v) is 5.65. The standard InChI is InChI=1S/C26H26Cl2FN3O3S/c1-17-5-6-19(27)15-25(17)31-36(34,35)21-9-7-20(8-10-21)30-26(33)18-11-13-32(14-12-18)16-22-23(28)3-2-4-24(22)29/h2-10,15,18,31H,11-14,16H2,1H3,(H,30,33). The van der Waals surface area contributed by atoms with Crippen molar-refractivity contribution in [1.29, 1.82) is 0 Å². The van der Waals surface area contributed by atoms with E-state index >= 15 is 0 Å². The molecule has 6 nitrogen and oxygen atoms in total. The summed E-state index contributed by atoms with van der Waals surface area (Å²) in [6.45, 7) is 3.48. The average Bonchev–Trinajstić information content (AvgIpc) is 2.84. The highest BCUT2D eigenvalue weighted by Crippen LogP contribution is 2.26. The zero-order valence-electron chi connectivity index (χ0n) is 19.6. The molecule has 0 radical (unpaired) electrons. The number of hydrogen-bond donors (Lipinski definition) is 2. The van der Waals surface area contributed by atoms with E-state index in [1.165, 1.54) is 18.2 Å². The van der Waals surface area contributed by atoms with Gasteiger partial charge in [-0.05, 0) is 86.9 Å². The molecule has 1 aliphatic rings. The van der Waals surface area contributed by atoms with E-state index in [4.69, 9.17) is 23.2 Å². The van der Waals surface area contributed by atoms with Crippen LogP contribution in [0, 0.1) is 18.7 Å². The number of rotatable bonds is 7. The zero-order valence-corrected chi connectivity index (χ0v) is 21.9. The van der Waals surface area contributed by atoms with Crippen LogP contribution in [0.1, 0.15) is 24.0 Å². The van der Waals surface area contributed by atoms with Crippen LogP contribution in [0.4, 0.5) is 15.8 Å². The Morgan fingerprint density at radius 1 is 1.06 bits per heavy atom. The summed E-state index contributed by atoms with van der Waals surface area (Å²) in [4.78, 5) is 14.9. The van der Waals surface area contributed by atoms with Gasteiger partial charge in [-0.25, -0.2) is 12.8 Å². The first-order valence-electron chi connectivity index (χ1n) is 11.5. The second kappa shape index (κ2) is 11.2. The second-order valence-corrected chi connectivity index (χ2v) is 11.4. The van der Waals surface area contributed by atoms with Gasteiger partial charge in [0.15, 0.2) is 0 Å². The predicted molar refractivity (Wildman–Crippen MR) is 141 cm³/mol. The molecule has 0 bridgehead atoms. The van der Waals surface area contributed by atoms with Crippen LogP contribution in [0.25, 0.3) is 0 Å². The Morgan fingerprint density at radius 2 is 1.75 bits per heavy atom. The maximum absolute atomic E-state index is 14.1. The maximum Gasteiger partial charge on any atom is 0.261 e. The summed E-state index contributed by atoms with van der Waals surface area (Å²) < 4.78 is 42.2. The lowest BCUT2D eigenvalue weighted by Crippen LogP contribution is -2.38. The van der Waals surface area contributed by atoms with Crippen LogP contribution < -0.4 is 10.0 Å². The monoisotopic (exact) mass is 549 g/mol. The number of anilines is 2. The van der Waals surface area contributed by atoms with Crippen molar-refractivity contribution in [2.75, 3.05) is 23.1 Å². The minimum Gasteiger partial charge on any atom is -0.326 e. The molecular formula is C26H26Cl2FN3O3S. The Bertz CT molecular complexity index is 1340. The molecule has 0 spiro atoms. The largest absolute Gasteiger partial charge is 0.326 e. The number of hydrogen-bond acceptors (Lipinski definition) is 4. The Balaban J connectivity index is 1.32. The van der Waals surface area contributed by atoms with Gasteiger partial charge in [-0.15, -0.1) is 0 Å². The van der Waals surface area contributed by atoms with Crippen molar-refractivity contribution in [3.8, 4) is 0 Å². The Morgan fingerprint density at radius 3 is 2.42 bits per heavy atom. The molecule has 0 aromatic heterocycles. The van der Waals surface area contributed by atoms with Gasteiger partial charge in [0.1, 0.15) is 5.82 Å². The topological polar surface area (TPSA) is 78.5 Å². The van der Waals surface area contributed by atoms with Crippen molar-refractivity contribution in [3.05, 3.63) is 87.7 Å². The summed E-state index contributed by atoms with van der Waals surface area (Å²) in [5.41, 5.74) is 2.13. The number of aryl methyl sites for hydroxylation is 1. The molecule has 1 heterocycles. The van der Waals surface area contributed by atoms with Crippen molar-refractivity contribution in [2.45, 2.75) is 31.2 Å². The smallest absolute Gasteiger partial charge is 0.261 e. The van der Waals surface area contributed by atoms with Gasteiger partial charge < -0.3 is 5.32 Å². The number of piperidine rings is 1. The quantitative estimate of drug-likeness (QED) is 0.373. The third-order valence-corrected chi connectivity index (χ3v) is 8.25. The van der Waals surface area contributed by atoms with Gasteiger partial charge in [-0.3, -0.25) is 14.4 Å². The van der Waals surface area contributed by atoms with Gasteiger partial charge in [0.25, 0.3) is 10.0 Å². The molecule has 36 heavy (non-hydrogen) atoms. The molecule has 1 saturated heterocycles. The summed E-state index contributed by atoms with van der Waals surface area (Å²) in [5.74, 6) is -0.638. The summed E-state index contributed by atoms with van der Waals surface area (Å²) in [6.07, 6.45) is 1.26. The van der Waals surface area contributed by atoms with Gasteiger partial charge in [-0.1, -0.05) is 35.3 Å². The molecular weight excluding hydrogens is 524 g/mol. The molecule has 0 saturated carbocycles. The van der Waals surface area contributed by atoms with Crippen molar-refractivity contribution < 1.29 is 17.6 Å². The van der Waals surface area contributed by atoms with E-state index in [1.807, 2.05) is 0 Å². The fraction of sp³-hybridized carbons (Fsp3) is 0.269. The van der Waals surface area contributed by atoms with E-state index in [1.54, 1.807) is 49.4 Å². The van der Waals surface area contributed by atoms with Crippen molar-refractivity contribution in [3.63, 3.8) is 0 Å². The first-order valence-corrected chi connectivity index (χ1v) is 13.7. The van der Waals surface area contributed by atoms with Crippen LogP contribution in [-0.2, 0) is 21.4 Å². The van der Waals surface area contributed by atoms with Crippen molar-refractivity contribution in [2.24, 2.45) is 5.92 Å². The first-order chi connectivity index (χ1) is 17.1. The number of likely N-dealkylation sites (tertiary alicyclic amines) is 1. The van der Waals surface area contributed by atoms with Crippen LogP contribution in [-0.4, -0.2) is 32.3 Å². The third-order valence-electron chi connectivity index (χ3n) is 6.28. The van der Waals surface area contributed by atoms with Crippen LogP contribution in [0.2, 0.25) is 10.0 Å². The van der Waals surface area contributed by atoms with Crippen molar-refractivity contribution >= 4 is 50.5 Å². The molecule has 1 amide bonds. The number of nitrogens with zero attached hydrogens (tertiary/aromatic N) is 1. The van der Waals surface area contributed by atoms with E-state index in [0.29, 0.717) is 59.5 Å². The molecule has 0 atom stereocenters. The number of nitrogens with one attached hydrogen (secondary N) is 2. The lowest BCUT2D eigenvalue weighted by Gasteiger charge is -2.31. The van der Waals surface area contributed by atoms with Gasteiger partial charge in [-0.2, -0.15) is 0 Å². The molecule has 190 valence electrons. The first kappa shape index (κ1) is 26.4. The van der Waals surface area contributed by atoms with Crippen LogP contribution >= 0.6 is 23.2 Å². The molecule has 1 aliphatic heterocycles. The van der Waals surface area contributed by atoms with Crippen LogP contribution in [0.3, 0.4) is 0 Å². The fourth-order valence-electron chi connectivity index (χ4n) is 4.13. The summed E-state index contributed by atoms with van der Waals surface area (Å²) in [5, 5.41) is 3.70. The second-order valence-electron chi connectivity index (χ2n) is 8.83. The maximum atomic E-state index is 14.1. The summed E-state index contributed by atoms with van der Waals surface area (Å²) >= 11 is 12.1. The lowest BCUT2D eigenvalue weighted by molar-refractivity contribution is -0.121. The molecule has 0 unspecified atom stereocenters. The summed E-state index contributed by atoms with van der Waals surface area (Å²) in [7, 11) is -3.82. The highest BCUT2D eigenvalue weighted by atomic mass is 35.5. The van der Waals surface area contributed by atoms with E-state index in [2.05, 4.69) is 14.9 Å². The third kappa shape index (κ3) is 6.37. The van der Waals surface area contributed by atoms with Gasteiger partial charge in [0.2, 0.25) is 5.91 Å². The molecule has 3 aromatic carbocycles. The minimum atomic E-state index is -3.82. The van der Waals surface area contributed by atoms with E-state index in [0.717, 1.165) is 5.56 Å². The van der Waals surface area contributed by atoms with E-state index in [-0.39, 0.29) is 22.5 Å². The van der Waals surface area contributed by atoms with Crippen LogP contribution in [0.5, 0.6) is 0 Å². The predicted octanol–water partition coefficient (Wildman–Crippen LogP) is 6.09. The van der Waals surface area contributed by atoms with E-state index in [9.17, 15) is 17.6 Å². The van der Waals surface area contributed by atoms with Crippen LogP contribution in [0.15, 0.2) is 65.6 Å². The SMILES string of the molecule is Cc1ccc(Cl)cc1NS(=O)(=O)c1ccc(NC(=O)C2CCN(Cc3c(F)cccc3Cl)CC2)cc1. The van der Waals surface area contributed by atoms with Crippen molar-refractivity contribution in [1.82, 2.24) is 4.90 Å². The molecule has 3 aromatic rings. The average molecular weight is 550 g/mol. The molecule has 10 heteroatoms. The summed E-state index contributed by atoms with van der Waals surface area (Å²) in [6, 6.07) is 15.6. The number of amides is 1. The Labute approximate surface area is 220 Å². The van der Waals surface area contributed by atoms with E-state index < -0.39 is 10.0 Å². The Kier molecular flexibility index (Phi) is 8.20. The zero-order chi connectivity index (χ0) is 25.9.